The lowest BCUT2D eigenvalue weighted by Gasteiger charge is -2.36. The number of benzene rings is 1. The van der Waals surface area contributed by atoms with Crippen molar-refractivity contribution in [1.29, 1.82) is 0 Å². The van der Waals surface area contributed by atoms with Gasteiger partial charge in [0.25, 0.3) is 0 Å². The monoisotopic (exact) mass is 272 g/mol. The standard InChI is InChI=1S/C13H15F3N2O/c1-10(19)17-6-8-18(9-7-17)12-5-3-2-4-11(12)13(14,15)16/h2-5H,6-9H2,1H3. The number of carbonyl (C=O) groups is 1. The van der Waals surface area contributed by atoms with Crippen molar-refractivity contribution in [3.63, 3.8) is 0 Å². The summed E-state index contributed by atoms with van der Waals surface area (Å²) in [5.41, 5.74) is -0.426. The van der Waals surface area contributed by atoms with Crippen molar-refractivity contribution in [2.75, 3.05) is 31.1 Å². The van der Waals surface area contributed by atoms with Gasteiger partial charge in [-0.25, -0.2) is 0 Å². The third-order valence-corrected chi connectivity index (χ3v) is 3.28. The maximum atomic E-state index is 12.9. The van der Waals surface area contributed by atoms with Crippen molar-refractivity contribution in [3.05, 3.63) is 29.8 Å². The molecule has 6 heteroatoms. The van der Waals surface area contributed by atoms with Crippen LogP contribution >= 0.6 is 0 Å². The number of halogens is 3. The number of hydrogen-bond donors (Lipinski definition) is 0. The molecule has 104 valence electrons. The number of anilines is 1. The number of nitrogens with zero attached hydrogens (tertiary/aromatic N) is 2. The molecule has 19 heavy (non-hydrogen) atoms. The molecule has 1 aliphatic rings. The summed E-state index contributed by atoms with van der Waals surface area (Å²) < 4.78 is 38.8. The van der Waals surface area contributed by atoms with Gasteiger partial charge in [-0.15, -0.1) is 0 Å². The Morgan fingerprint density at radius 3 is 2.21 bits per heavy atom. The van der Waals surface area contributed by atoms with Crippen LogP contribution in [0.1, 0.15) is 12.5 Å². The molecule has 0 spiro atoms. The maximum Gasteiger partial charge on any atom is 0.418 e. The zero-order valence-corrected chi connectivity index (χ0v) is 10.6. The van der Waals surface area contributed by atoms with Crippen LogP contribution in [0, 0.1) is 0 Å². The van der Waals surface area contributed by atoms with Gasteiger partial charge in [-0.1, -0.05) is 12.1 Å². The highest BCUT2D eigenvalue weighted by atomic mass is 19.4. The van der Waals surface area contributed by atoms with Gasteiger partial charge in [0.1, 0.15) is 0 Å². The van der Waals surface area contributed by atoms with E-state index in [0.29, 0.717) is 26.2 Å². The zero-order valence-electron chi connectivity index (χ0n) is 10.6. The van der Waals surface area contributed by atoms with Crippen LogP contribution in [0.5, 0.6) is 0 Å². The molecule has 0 radical (unpaired) electrons. The van der Waals surface area contributed by atoms with Gasteiger partial charge in [-0.3, -0.25) is 4.79 Å². The molecule has 1 heterocycles. The van der Waals surface area contributed by atoms with Gasteiger partial charge in [0.2, 0.25) is 5.91 Å². The van der Waals surface area contributed by atoms with Gasteiger partial charge in [0.05, 0.1) is 5.56 Å². The molecule has 2 rings (SSSR count). The Hall–Kier alpha value is -1.72. The molecule has 0 N–H and O–H groups in total. The van der Waals surface area contributed by atoms with Crippen LogP contribution in [0.3, 0.4) is 0 Å². The van der Waals surface area contributed by atoms with Crippen molar-refractivity contribution in [1.82, 2.24) is 4.90 Å². The van der Waals surface area contributed by atoms with Crippen LogP contribution in [0.4, 0.5) is 18.9 Å². The van der Waals surface area contributed by atoms with Crippen LogP contribution in [-0.4, -0.2) is 37.0 Å². The van der Waals surface area contributed by atoms with Crippen LogP contribution in [-0.2, 0) is 11.0 Å². The molecule has 1 amide bonds. The quantitative estimate of drug-likeness (QED) is 0.783. The summed E-state index contributed by atoms with van der Waals surface area (Å²) in [6.07, 6.45) is -4.35. The van der Waals surface area contributed by atoms with Gasteiger partial charge in [0, 0.05) is 38.8 Å². The number of rotatable bonds is 1. The summed E-state index contributed by atoms with van der Waals surface area (Å²) in [5, 5.41) is 0. The summed E-state index contributed by atoms with van der Waals surface area (Å²) in [4.78, 5) is 14.5. The Bertz CT molecular complexity index is 465. The van der Waals surface area contributed by atoms with Crippen molar-refractivity contribution in [3.8, 4) is 0 Å². The average Bonchev–Trinajstić information content (AvgIpc) is 2.38. The Balaban J connectivity index is 2.18. The predicted molar refractivity (Wildman–Crippen MR) is 65.9 cm³/mol. The minimum absolute atomic E-state index is 0.0382. The van der Waals surface area contributed by atoms with E-state index in [-0.39, 0.29) is 11.6 Å². The van der Waals surface area contributed by atoms with E-state index >= 15 is 0 Å². The lowest BCUT2D eigenvalue weighted by Crippen LogP contribution is -2.48. The number of alkyl halides is 3. The predicted octanol–water partition coefficient (Wildman–Crippen LogP) is 2.37. The summed E-state index contributed by atoms with van der Waals surface area (Å²) >= 11 is 0. The molecular weight excluding hydrogens is 257 g/mol. The van der Waals surface area contributed by atoms with E-state index in [1.165, 1.54) is 19.1 Å². The molecule has 0 atom stereocenters. The van der Waals surface area contributed by atoms with Crippen molar-refractivity contribution >= 4 is 11.6 Å². The van der Waals surface area contributed by atoms with Gasteiger partial charge in [-0.2, -0.15) is 13.2 Å². The minimum atomic E-state index is -4.35. The lowest BCUT2D eigenvalue weighted by atomic mass is 10.1. The molecule has 1 saturated heterocycles. The minimum Gasteiger partial charge on any atom is -0.367 e. The van der Waals surface area contributed by atoms with Crippen molar-refractivity contribution in [2.24, 2.45) is 0 Å². The fourth-order valence-electron chi connectivity index (χ4n) is 2.25. The van der Waals surface area contributed by atoms with E-state index in [2.05, 4.69) is 0 Å². The van der Waals surface area contributed by atoms with Crippen LogP contribution in [0.2, 0.25) is 0 Å². The summed E-state index contributed by atoms with van der Waals surface area (Å²) in [6.45, 7) is 3.24. The molecule has 0 bridgehead atoms. The van der Waals surface area contributed by atoms with Gasteiger partial charge < -0.3 is 9.80 Å². The molecule has 1 aliphatic heterocycles. The first-order chi connectivity index (χ1) is 8.89. The molecule has 1 aromatic carbocycles. The second-order valence-electron chi connectivity index (χ2n) is 4.51. The van der Waals surface area contributed by atoms with Crippen LogP contribution in [0.15, 0.2) is 24.3 Å². The molecule has 1 aromatic rings. The van der Waals surface area contributed by atoms with E-state index in [1.54, 1.807) is 15.9 Å². The largest absolute Gasteiger partial charge is 0.418 e. The zero-order chi connectivity index (χ0) is 14.0. The highest BCUT2D eigenvalue weighted by Crippen LogP contribution is 2.36. The highest BCUT2D eigenvalue weighted by molar-refractivity contribution is 5.73. The first kappa shape index (κ1) is 13.7. The number of piperazine rings is 1. The highest BCUT2D eigenvalue weighted by Gasteiger charge is 2.35. The number of hydrogen-bond acceptors (Lipinski definition) is 2. The number of para-hydroxylation sites is 1. The topological polar surface area (TPSA) is 23.6 Å². The van der Waals surface area contributed by atoms with E-state index in [0.717, 1.165) is 6.07 Å². The maximum absolute atomic E-state index is 12.9. The summed E-state index contributed by atoms with van der Waals surface area (Å²) in [7, 11) is 0. The van der Waals surface area contributed by atoms with Gasteiger partial charge >= 0.3 is 6.18 Å². The normalized spacial score (nSPS) is 16.6. The molecule has 3 nitrogen and oxygen atoms in total. The lowest BCUT2D eigenvalue weighted by molar-refractivity contribution is -0.137. The third-order valence-electron chi connectivity index (χ3n) is 3.28. The molecule has 0 aliphatic carbocycles. The first-order valence-electron chi connectivity index (χ1n) is 6.06. The molecule has 0 aromatic heterocycles. The Kier molecular flexibility index (Phi) is 3.68. The van der Waals surface area contributed by atoms with E-state index in [9.17, 15) is 18.0 Å². The Morgan fingerprint density at radius 1 is 1.11 bits per heavy atom. The summed E-state index contributed by atoms with van der Waals surface area (Å²) in [5.74, 6) is -0.0382. The molecule has 0 saturated carbocycles. The third kappa shape index (κ3) is 3.00. The van der Waals surface area contributed by atoms with Gasteiger partial charge in [0.15, 0.2) is 0 Å². The van der Waals surface area contributed by atoms with Crippen molar-refractivity contribution < 1.29 is 18.0 Å². The van der Waals surface area contributed by atoms with E-state index < -0.39 is 11.7 Å². The van der Waals surface area contributed by atoms with E-state index in [4.69, 9.17) is 0 Å². The Morgan fingerprint density at radius 2 is 1.68 bits per heavy atom. The first-order valence-corrected chi connectivity index (χ1v) is 6.06. The van der Waals surface area contributed by atoms with Crippen molar-refractivity contribution in [2.45, 2.75) is 13.1 Å². The molecular formula is C13H15F3N2O. The molecule has 0 unspecified atom stereocenters. The Labute approximate surface area is 109 Å². The number of carbonyl (C=O) groups excluding carboxylic acids is 1. The van der Waals surface area contributed by atoms with Crippen LogP contribution in [0.25, 0.3) is 0 Å². The van der Waals surface area contributed by atoms with E-state index in [1.807, 2.05) is 0 Å². The fraction of sp³-hybridized carbons (Fsp3) is 0.462. The number of amides is 1. The summed E-state index contributed by atoms with van der Waals surface area (Å²) in [6, 6.07) is 5.55. The van der Waals surface area contributed by atoms with Gasteiger partial charge in [-0.05, 0) is 12.1 Å². The smallest absolute Gasteiger partial charge is 0.367 e. The van der Waals surface area contributed by atoms with Crippen LogP contribution < -0.4 is 4.90 Å². The SMILES string of the molecule is CC(=O)N1CCN(c2ccccc2C(F)(F)F)CC1. The second-order valence-corrected chi connectivity index (χ2v) is 4.51. The molecule has 1 fully saturated rings. The fourth-order valence-corrected chi connectivity index (χ4v) is 2.25. The average molecular weight is 272 g/mol. The second kappa shape index (κ2) is 5.11.